The van der Waals surface area contributed by atoms with Gasteiger partial charge in [-0.15, -0.1) is 0 Å². The van der Waals surface area contributed by atoms with E-state index in [2.05, 4.69) is 386 Å². The Morgan fingerprint density at radius 2 is 0.384 bits per heavy atom. The maximum Gasteiger partial charge on any atom is 0.252 e. The summed E-state index contributed by atoms with van der Waals surface area (Å²) in [5.41, 5.74) is 30.2. The van der Waals surface area contributed by atoms with Crippen molar-refractivity contribution in [1.82, 2.24) is 15.0 Å². The van der Waals surface area contributed by atoms with Crippen LogP contribution in [0.3, 0.4) is 0 Å². The second-order valence-corrected chi connectivity index (χ2v) is 25.5. The molecule has 0 N–H and O–H groups in total. The van der Waals surface area contributed by atoms with E-state index in [1.807, 2.05) is 0 Å². The van der Waals surface area contributed by atoms with Crippen LogP contribution in [0.4, 0.5) is 34.1 Å². The molecule has 5 nitrogen and oxygen atoms in total. The van der Waals surface area contributed by atoms with Crippen molar-refractivity contribution in [2.45, 2.75) is 0 Å². The van der Waals surface area contributed by atoms with Crippen LogP contribution in [0, 0.1) is 0 Å². The zero-order valence-electron chi connectivity index (χ0n) is 54.1. The van der Waals surface area contributed by atoms with Crippen molar-refractivity contribution in [3.05, 3.63) is 376 Å². The Kier molecular flexibility index (Phi) is 14.9. The Morgan fingerprint density at radius 3 is 0.667 bits per heavy atom. The predicted octanol–water partition coefficient (Wildman–Crippen LogP) is 22.3. The van der Waals surface area contributed by atoms with E-state index in [0.29, 0.717) is 17.5 Å². The van der Waals surface area contributed by atoms with Gasteiger partial charge in [0.2, 0.25) is 0 Å². The largest absolute Gasteiger partial charge is 0.311 e. The first-order valence-electron chi connectivity index (χ1n) is 33.8. The van der Waals surface area contributed by atoms with E-state index in [1.54, 1.807) is 0 Å². The number of aromatic nitrogens is 3. The predicted molar refractivity (Wildman–Crippen MR) is 414 cm³/mol. The molecule has 462 valence electrons. The number of hydrogen-bond acceptors (Lipinski definition) is 5. The summed E-state index contributed by atoms with van der Waals surface area (Å²) < 4.78 is 0. The van der Waals surface area contributed by atoms with Crippen molar-refractivity contribution in [2.24, 2.45) is 0 Å². The van der Waals surface area contributed by atoms with E-state index in [-0.39, 0.29) is 6.71 Å². The molecule has 16 aromatic rings. The third-order valence-corrected chi connectivity index (χ3v) is 19.5. The van der Waals surface area contributed by atoms with Crippen molar-refractivity contribution >= 4 is 57.2 Å². The van der Waals surface area contributed by atoms with E-state index < -0.39 is 0 Å². The monoisotopic (exact) mass is 1260 g/mol. The SMILES string of the molecule is c1ccc(-c2ccc(N3c4cc(-c5ccccc5)ccc4B4c5ccc(-c6ccccc6)cc5N(c5ccc(-c6ccccc6)cc5)c5cc(-c6nc(-c7cc(-c8ccccc8)cc(-c8ccccc8)c7)nc(-c7cc(-c8ccccc8)cc(-c8ccccc8)c7)n6)cc3c54)cc2)cc1. The fourth-order valence-electron chi connectivity index (χ4n) is 14.6. The lowest BCUT2D eigenvalue weighted by Crippen LogP contribution is -2.61. The molecule has 0 spiro atoms. The van der Waals surface area contributed by atoms with Gasteiger partial charge < -0.3 is 9.80 Å². The molecule has 1 aromatic heterocycles. The number of benzene rings is 15. The van der Waals surface area contributed by atoms with Crippen LogP contribution in [-0.4, -0.2) is 21.7 Å². The van der Waals surface area contributed by atoms with Crippen LogP contribution >= 0.6 is 0 Å². The molecule has 2 aliphatic rings. The minimum absolute atomic E-state index is 0.192. The van der Waals surface area contributed by atoms with Crippen LogP contribution in [0.15, 0.2) is 376 Å². The van der Waals surface area contributed by atoms with E-state index in [9.17, 15) is 0 Å². The molecular formula is C93H62BN5. The van der Waals surface area contributed by atoms with Crippen LogP contribution in [0.25, 0.3) is 123 Å². The molecule has 0 saturated carbocycles. The van der Waals surface area contributed by atoms with Gasteiger partial charge in [-0.3, -0.25) is 0 Å². The molecule has 0 radical (unpaired) electrons. The molecule has 0 saturated heterocycles. The van der Waals surface area contributed by atoms with Crippen LogP contribution in [0.1, 0.15) is 0 Å². The zero-order valence-corrected chi connectivity index (χ0v) is 54.1. The van der Waals surface area contributed by atoms with Gasteiger partial charge in [-0.1, -0.05) is 291 Å². The Morgan fingerprint density at radius 1 is 0.172 bits per heavy atom. The number of rotatable bonds is 13. The second kappa shape index (κ2) is 25.3. The van der Waals surface area contributed by atoms with Gasteiger partial charge in [0.1, 0.15) is 0 Å². The maximum atomic E-state index is 5.81. The second-order valence-electron chi connectivity index (χ2n) is 25.5. The highest BCUT2D eigenvalue weighted by molar-refractivity contribution is 7.00. The van der Waals surface area contributed by atoms with Crippen LogP contribution < -0.4 is 26.2 Å². The van der Waals surface area contributed by atoms with Crippen LogP contribution in [0.2, 0.25) is 0 Å². The molecule has 15 aromatic carbocycles. The highest BCUT2D eigenvalue weighted by Gasteiger charge is 2.44. The average molecular weight is 1260 g/mol. The first kappa shape index (κ1) is 58.5. The number of fused-ring (bicyclic) bond motifs is 4. The summed E-state index contributed by atoms with van der Waals surface area (Å²) in [6.45, 7) is -0.192. The van der Waals surface area contributed by atoms with Gasteiger partial charge in [0.25, 0.3) is 6.71 Å². The van der Waals surface area contributed by atoms with E-state index in [0.717, 1.165) is 140 Å². The molecule has 18 rings (SSSR count). The molecule has 0 atom stereocenters. The van der Waals surface area contributed by atoms with Gasteiger partial charge in [-0.05, 0) is 190 Å². The topological polar surface area (TPSA) is 45.2 Å². The molecule has 6 heteroatoms. The lowest BCUT2D eigenvalue weighted by molar-refractivity contribution is 1.07. The number of anilines is 6. The third-order valence-electron chi connectivity index (χ3n) is 19.5. The lowest BCUT2D eigenvalue weighted by atomic mass is 9.33. The molecule has 0 bridgehead atoms. The Bertz CT molecular complexity index is 5170. The molecule has 3 heterocycles. The Hall–Kier alpha value is -13.0. The highest BCUT2D eigenvalue weighted by Crippen LogP contribution is 2.48. The fraction of sp³-hybridized carbons (Fsp3) is 0. The standard InChI is InChI=1S/C93H62BN5/c1-9-25-63(26-10-1)71-41-47-82(48-42-71)98-86-59-73(65-29-13-3-14-30-65)45-51-84(86)94-85-52-46-74(66-31-15-4-16-32-66)60-87(85)99(83-49-43-72(44-50-83)64-27-11-2-12-28-64)89-62-81(61-88(98)90(89)94)93-96-91(79-55-75(67-33-17-5-18-34-67)53-76(56-79)68-35-19-6-20-36-68)95-92(97-93)80-57-77(69-37-21-7-22-38-69)54-78(58-80)70-39-23-8-24-40-70/h1-62H. The molecular weight excluding hydrogens is 1200 g/mol. The summed E-state index contributed by atoms with van der Waals surface area (Å²) in [4.78, 5) is 22.3. The lowest BCUT2D eigenvalue weighted by Gasteiger charge is -2.44. The zero-order chi connectivity index (χ0) is 65.6. The summed E-state index contributed by atoms with van der Waals surface area (Å²) in [5.74, 6) is 1.64. The van der Waals surface area contributed by atoms with Crippen molar-refractivity contribution in [3.63, 3.8) is 0 Å². The van der Waals surface area contributed by atoms with E-state index in [1.165, 1.54) is 16.4 Å². The summed E-state index contributed by atoms with van der Waals surface area (Å²) in [6, 6.07) is 136. The van der Waals surface area contributed by atoms with Crippen molar-refractivity contribution in [2.75, 3.05) is 9.80 Å². The smallest absolute Gasteiger partial charge is 0.252 e. The molecule has 0 fully saturated rings. The number of nitrogens with zero attached hydrogens (tertiary/aromatic N) is 5. The quantitative estimate of drug-likeness (QED) is 0.108. The molecule has 0 unspecified atom stereocenters. The molecule has 0 aliphatic carbocycles. The van der Waals surface area contributed by atoms with Gasteiger partial charge in [0.15, 0.2) is 17.5 Å². The van der Waals surface area contributed by atoms with Gasteiger partial charge in [0, 0.05) is 50.8 Å². The minimum atomic E-state index is -0.192. The first-order chi connectivity index (χ1) is 49.0. The summed E-state index contributed by atoms with van der Waals surface area (Å²) in [7, 11) is 0. The fourth-order valence-corrected chi connectivity index (χ4v) is 14.6. The Balaban J connectivity index is 0.943. The summed E-state index contributed by atoms with van der Waals surface area (Å²) in [5, 5.41) is 0. The van der Waals surface area contributed by atoms with Crippen LogP contribution in [0.5, 0.6) is 0 Å². The van der Waals surface area contributed by atoms with Gasteiger partial charge >= 0.3 is 0 Å². The normalized spacial score (nSPS) is 12.0. The molecule has 0 amide bonds. The highest BCUT2D eigenvalue weighted by atomic mass is 15.2. The third kappa shape index (κ3) is 11.2. The first-order valence-corrected chi connectivity index (χ1v) is 33.8. The van der Waals surface area contributed by atoms with Gasteiger partial charge in [-0.2, -0.15) is 0 Å². The van der Waals surface area contributed by atoms with Gasteiger partial charge in [-0.25, -0.2) is 15.0 Å². The minimum Gasteiger partial charge on any atom is -0.311 e. The maximum absolute atomic E-state index is 5.81. The Labute approximate surface area is 577 Å². The summed E-state index contributed by atoms with van der Waals surface area (Å²) >= 11 is 0. The van der Waals surface area contributed by atoms with Crippen molar-refractivity contribution in [3.8, 4) is 123 Å². The summed E-state index contributed by atoms with van der Waals surface area (Å²) in [6.07, 6.45) is 0. The number of hydrogen-bond donors (Lipinski definition) is 0. The van der Waals surface area contributed by atoms with Crippen molar-refractivity contribution < 1.29 is 0 Å². The van der Waals surface area contributed by atoms with Gasteiger partial charge in [0.05, 0.1) is 0 Å². The molecule has 99 heavy (non-hydrogen) atoms. The van der Waals surface area contributed by atoms with E-state index >= 15 is 0 Å². The van der Waals surface area contributed by atoms with Crippen LogP contribution in [-0.2, 0) is 0 Å². The van der Waals surface area contributed by atoms with Crippen molar-refractivity contribution in [1.29, 1.82) is 0 Å². The molecule has 2 aliphatic heterocycles. The average Bonchev–Trinajstić information content (AvgIpc) is 0.695. The van der Waals surface area contributed by atoms with E-state index in [4.69, 9.17) is 15.0 Å².